The molecule has 0 aromatic heterocycles. The molecule has 2 heteroatoms. The molecule has 0 aliphatic carbocycles. The van der Waals surface area contributed by atoms with Crippen LogP contribution in [-0.2, 0) is 4.79 Å². The number of carbonyl (C=O) groups is 1. The molecule has 0 bridgehead atoms. The van der Waals surface area contributed by atoms with Crippen molar-refractivity contribution in [2.45, 2.75) is 126 Å². The SMILES string of the molecule is CC.CCCCCC.CCCCCCCCCN(CCC)CC(C)=O. The quantitative estimate of drug-likeness (QED) is 0.280. The summed E-state index contributed by atoms with van der Waals surface area (Å²) in [7, 11) is 0. The van der Waals surface area contributed by atoms with Crippen LogP contribution in [0, 0.1) is 0 Å². The highest BCUT2D eigenvalue weighted by atomic mass is 16.1. The predicted molar refractivity (Wildman–Crippen MR) is 117 cm³/mol. The Labute approximate surface area is 161 Å². The lowest BCUT2D eigenvalue weighted by atomic mass is 10.1. The van der Waals surface area contributed by atoms with Gasteiger partial charge in [-0.15, -0.1) is 0 Å². The molecule has 0 saturated carbocycles. The topological polar surface area (TPSA) is 20.3 Å². The minimum Gasteiger partial charge on any atom is -0.299 e. The van der Waals surface area contributed by atoms with Crippen LogP contribution in [0.5, 0.6) is 0 Å². The Morgan fingerprint density at radius 1 is 0.600 bits per heavy atom. The number of ketones is 1. The molecule has 0 atom stereocenters. The lowest BCUT2D eigenvalue weighted by molar-refractivity contribution is -0.118. The average Bonchev–Trinajstić information content (AvgIpc) is 2.61. The number of hydrogen-bond donors (Lipinski definition) is 0. The summed E-state index contributed by atoms with van der Waals surface area (Å²) >= 11 is 0. The third kappa shape index (κ3) is 31.9. The fourth-order valence-corrected chi connectivity index (χ4v) is 2.69. The van der Waals surface area contributed by atoms with Crippen LogP contribution >= 0.6 is 0 Å². The van der Waals surface area contributed by atoms with Crippen LogP contribution in [0.1, 0.15) is 126 Å². The molecule has 2 nitrogen and oxygen atoms in total. The summed E-state index contributed by atoms with van der Waals surface area (Å²) in [6, 6.07) is 0. The Morgan fingerprint density at radius 3 is 1.40 bits per heavy atom. The zero-order valence-electron chi connectivity index (χ0n) is 19.0. The van der Waals surface area contributed by atoms with Crippen molar-refractivity contribution in [3.05, 3.63) is 0 Å². The van der Waals surface area contributed by atoms with Crippen LogP contribution < -0.4 is 0 Å². The van der Waals surface area contributed by atoms with Crippen molar-refractivity contribution in [3.8, 4) is 0 Å². The molecular weight excluding hydrogens is 306 g/mol. The summed E-state index contributed by atoms with van der Waals surface area (Å²) in [5, 5.41) is 0. The zero-order valence-corrected chi connectivity index (χ0v) is 19.0. The van der Waals surface area contributed by atoms with E-state index in [4.69, 9.17) is 0 Å². The summed E-state index contributed by atoms with van der Waals surface area (Å²) in [6.45, 7) is 17.4. The van der Waals surface area contributed by atoms with Gasteiger partial charge in [-0.2, -0.15) is 0 Å². The number of unbranched alkanes of at least 4 members (excludes halogenated alkanes) is 9. The minimum absolute atomic E-state index is 0.293. The van der Waals surface area contributed by atoms with Crippen molar-refractivity contribution in [1.29, 1.82) is 0 Å². The van der Waals surface area contributed by atoms with Crippen molar-refractivity contribution < 1.29 is 4.79 Å². The Balaban J connectivity index is -0.000000507. The fraction of sp³-hybridized carbons (Fsp3) is 0.957. The highest BCUT2D eigenvalue weighted by Crippen LogP contribution is 2.07. The van der Waals surface area contributed by atoms with Crippen molar-refractivity contribution in [2.75, 3.05) is 19.6 Å². The maximum absolute atomic E-state index is 11.1. The van der Waals surface area contributed by atoms with Gasteiger partial charge in [0.05, 0.1) is 6.54 Å². The fourth-order valence-electron chi connectivity index (χ4n) is 2.69. The van der Waals surface area contributed by atoms with E-state index in [2.05, 4.69) is 32.6 Å². The normalized spacial score (nSPS) is 9.92. The van der Waals surface area contributed by atoms with Gasteiger partial charge in [-0.1, -0.05) is 106 Å². The highest BCUT2D eigenvalue weighted by Gasteiger charge is 2.05. The van der Waals surface area contributed by atoms with Gasteiger partial charge < -0.3 is 0 Å². The number of rotatable bonds is 15. The van der Waals surface area contributed by atoms with E-state index in [1.54, 1.807) is 6.92 Å². The van der Waals surface area contributed by atoms with E-state index in [-0.39, 0.29) is 0 Å². The third-order valence-electron chi connectivity index (χ3n) is 4.02. The number of Topliss-reactive ketones (excluding diaryl/α,β-unsaturated/α-hetero) is 1. The molecule has 0 unspecified atom stereocenters. The Morgan fingerprint density at radius 2 is 1.00 bits per heavy atom. The maximum Gasteiger partial charge on any atom is 0.143 e. The largest absolute Gasteiger partial charge is 0.299 e. The van der Waals surface area contributed by atoms with Gasteiger partial charge in [-0.05, 0) is 32.9 Å². The average molecular weight is 358 g/mol. The molecular formula is C23H51NO. The molecule has 0 N–H and O–H groups in total. The van der Waals surface area contributed by atoms with Crippen molar-refractivity contribution >= 4 is 5.78 Å². The van der Waals surface area contributed by atoms with E-state index in [0.717, 1.165) is 19.5 Å². The number of carbonyl (C=O) groups excluding carboxylic acids is 1. The van der Waals surface area contributed by atoms with Gasteiger partial charge >= 0.3 is 0 Å². The van der Waals surface area contributed by atoms with Crippen LogP contribution in [-0.4, -0.2) is 30.3 Å². The van der Waals surface area contributed by atoms with E-state index in [9.17, 15) is 4.79 Å². The first-order valence-electron chi connectivity index (χ1n) is 11.3. The third-order valence-corrected chi connectivity index (χ3v) is 4.02. The van der Waals surface area contributed by atoms with Gasteiger partial charge in [0.1, 0.15) is 5.78 Å². The molecule has 0 radical (unpaired) electrons. The number of hydrogen-bond acceptors (Lipinski definition) is 2. The van der Waals surface area contributed by atoms with E-state index in [1.165, 1.54) is 70.6 Å². The van der Waals surface area contributed by atoms with Gasteiger partial charge in [0.2, 0.25) is 0 Å². The van der Waals surface area contributed by atoms with Gasteiger partial charge in [0.15, 0.2) is 0 Å². The minimum atomic E-state index is 0.293. The molecule has 0 aromatic carbocycles. The molecule has 0 fully saturated rings. The zero-order chi connectivity index (χ0) is 19.8. The molecule has 25 heavy (non-hydrogen) atoms. The van der Waals surface area contributed by atoms with E-state index >= 15 is 0 Å². The Kier molecular flexibility index (Phi) is 33.4. The highest BCUT2D eigenvalue weighted by molar-refractivity contribution is 5.77. The molecule has 0 saturated heterocycles. The van der Waals surface area contributed by atoms with Crippen LogP contribution in [0.3, 0.4) is 0 Å². The van der Waals surface area contributed by atoms with Crippen molar-refractivity contribution in [2.24, 2.45) is 0 Å². The van der Waals surface area contributed by atoms with Crippen molar-refractivity contribution in [1.82, 2.24) is 4.90 Å². The van der Waals surface area contributed by atoms with Gasteiger partial charge in [-0.25, -0.2) is 0 Å². The molecule has 154 valence electrons. The standard InChI is InChI=1S/C15H31NO.C6H14.C2H6/c1-4-6-7-8-9-10-11-13-16(12-5-2)14-15(3)17;1-3-5-6-4-2;1-2/h4-14H2,1-3H3;3-6H2,1-2H3;1-2H3. The van der Waals surface area contributed by atoms with Gasteiger partial charge in [0.25, 0.3) is 0 Å². The van der Waals surface area contributed by atoms with Crippen LogP contribution in [0.4, 0.5) is 0 Å². The van der Waals surface area contributed by atoms with Crippen LogP contribution in [0.2, 0.25) is 0 Å². The molecule has 0 aromatic rings. The molecule has 0 aliphatic heterocycles. The molecule has 0 amide bonds. The second-order valence-corrected chi connectivity index (χ2v) is 6.81. The summed E-state index contributed by atoms with van der Waals surface area (Å²) in [5.41, 5.74) is 0. The predicted octanol–water partition coefficient (Wildman–Crippen LogP) is 7.65. The summed E-state index contributed by atoms with van der Waals surface area (Å²) < 4.78 is 0. The van der Waals surface area contributed by atoms with Crippen LogP contribution in [0.15, 0.2) is 0 Å². The van der Waals surface area contributed by atoms with Crippen LogP contribution in [0.25, 0.3) is 0 Å². The lowest BCUT2D eigenvalue weighted by Gasteiger charge is -2.19. The Hall–Kier alpha value is -0.370. The summed E-state index contributed by atoms with van der Waals surface area (Å²) in [5.74, 6) is 0.293. The van der Waals surface area contributed by atoms with E-state index < -0.39 is 0 Å². The van der Waals surface area contributed by atoms with Gasteiger partial charge in [-0.3, -0.25) is 9.69 Å². The lowest BCUT2D eigenvalue weighted by Crippen LogP contribution is -2.30. The van der Waals surface area contributed by atoms with Crippen molar-refractivity contribution in [3.63, 3.8) is 0 Å². The molecule has 0 rings (SSSR count). The summed E-state index contributed by atoms with van der Waals surface area (Å²) in [4.78, 5) is 13.4. The molecule has 0 spiro atoms. The first kappa shape index (κ1) is 29.4. The second-order valence-electron chi connectivity index (χ2n) is 6.81. The number of nitrogens with zero attached hydrogens (tertiary/aromatic N) is 1. The maximum atomic E-state index is 11.1. The summed E-state index contributed by atoms with van der Waals surface area (Å²) in [6.07, 6.45) is 16.1. The monoisotopic (exact) mass is 357 g/mol. The first-order chi connectivity index (χ1) is 12.1. The van der Waals surface area contributed by atoms with E-state index in [0.29, 0.717) is 12.3 Å². The first-order valence-corrected chi connectivity index (χ1v) is 11.3. The van der Waals surface area contributed by atoms with E-state index in [1.807, 2.05) is 13.8 Å². The molecule has 0 aliphatic rings. The van der Waals surface area contributed by atoms with Gasteiger partial charge in [0, 0.05) is 0 Å². The Bertz CT molecular complexity index is 224. The molecule has 0 heterocycles. The second kappa shape index (κ2) is 28.4. The smallest absolute Gasteiger partial charge is 0.143 e.